The molecule has 1 atom stereocenters. The van der Waals surface area contributed by atoms with Gasteiger partial charge in [0.25, 0.3) is 0 Å². The molecule has 0 radical (unpaired) electrons. The van der Waals surface area contributed by atoms with E-state index in [1.807, 2.05) is 6.07 Å². The van der Waals surface area contributed by atoms with Gasteiger partial charge in [0.05, 0.1) is 6.20 Å². The molecule has 1 saturated heterocycles. The number of rotatable bonds is 2. The van der Waals surface area contributed by atoms with Gasteiger partial charge in [-0.15, -0.1) is 0 Å². The van der Waals surface area contributed by atoms with Crippen molar-refractivity contribution in [3.63, 3.8) is 0 Å². The molecular weight excluding hydrogens is 318 g/mol. The van der Waals surface area contributed by atoms with Crippen LogP contribution in [0.4, 0.5) is 11.6 Å². The van der Waals surface area contributed by atoms with Gasteiger partial charge in [-0.25, -0.2) is 9.97 Å². The van der Waals surface area contributed by atoms with Crippen LogP contribution >= 0.6 is 15.9 Å². The second-order valence-corrected chi connectivity index (χ2v) is 5.58. The summed E-state index contributed by atoms with van der Waals surface area (Å²) in [5.41, 5.74) is 7.22. The molecule has 1 aliphatic heterocycles. The molecule has 3 rings (SSSR count). The summed E-state index contributed by atoms with van der Waals surface area (Å²) in [7, 11) is 0. The third-order valence-corrected chi connectivity index (χ3v) is 3.81. The summed E-state index contributed by atoms with van der Waals surface area (Å²) >= 11 is 3.35. The molecule has 6 heteroatoms. The second-order valence-electron chi connectivity index (χ2n) is 4.76. The molecule has 20 heavy (non-hydrogen) atoms. The van der Waals surface area contributed by atoms with Crippen LogP contribution in [-0.2, 0) is 0 Å². The van der Waals surface area contributed by atoms with Crippen molar-refractivity contribution in [1.29, 1.82) is 0 Å². The number of nitrogen functional groups attached to an aromatic ring is 1. The molecule has 1 aromatic carbocycles. The molecule has 3 N–H and O–H groups in total. The van der Waals surface area contributed by atoms with E-state index >= 15 is 0 Å². The van der Waals surface area contributed by atoms with Crippen molar-refractivity contribution in [3.8, 4) is 0 Å². The lowest BCUT2D eigenvalue weighted by molar-refractivity contribution is 0.469. The average molecular weight is 334 g/mol. The van der Waals surface area contributed by atoms with Gasteiger partial charge in [0.15, 0.2) is 11.6 Å². The van der Waals surface area contributed by atoms with E-state index in [9.17, 15) is 0 Å². The van der Waals surface area contributed by atoms with Crippen molar-refractivity contribution in [2.24, 2.45) is 0 Å². The Morgan fingerprint density at radius 3 is 2.90 bits per heavy atom. The standard InChI is InChI=1S/C14H16BrN5/c15-12-8-18-13(16)14(19-12)20-7-6-17-11(9-20)10-4-2-1-3-5-10/h1-5,8,11,17H,6-7,9H2,(H2,16,18). The molecule has 104 valence electrons. The van der Waals surface area contributed by atoms with E-state index in [0.717, 1.165) is 25.5 Å². The highest BCUT2D eigenvalue weighted by Gasteiger charge is 2.23. The first kappa shape index (κ1) is 13.3. The largest absolute Gasteiger partial charge is 0.381 e. The topological polar surface area (TPSA) is 67.1 Å². The Balaban J connectivity index is 1.83. The highest BCUT2D eigenvalue weighted by Crippen LogP contribution is 2.25. The molecular formula is C14H16BrN5. The quantitative estimate of drug-likeness (QED) is 0.879. The molecule has 1 aliphatic rings. The summed E-state index contributed by atoms with van der Waals surface area (Å²) in [5.74, 6) is 1.23. The number of aromatic nitrogens is 2. The molecule has 1 unspecified atom stereocenters. The van der Waals surface area contributed by atoms with Crippen LogP contribution in [0.3, 0.4) is 0 Å². The lowest BCUT2D eigenvalue weighted by Gasteiger charge is -2.35. The van der Waals surface area contributed by atoms with Crippen LogP contribution in [0.15, 0.2) is 41.1 Å². The van der Waals surface area contributed by atoms with Crippen molar-refractivity contribution >= 4 is 27.6 Å². The molecule has 1 fully saturated rings. The predicted molar refractivity (Wildman–Crippen MR) is 83.5 cm³/mol. The van der Waals surface area contributed by atoms with Gasteiger partial charge in [-0.2, -0.15) is 0 Å². The minimum atomic E-state index is 0.283. The lowest BCUT2D eigenvalue weighted by Crippen LogP contribution is -2.46. The summed E-state index contributed by atoms with van der Waals surface area (Å²) < 4.78 is 0.705. The highest BCUT2D eigenvalue weighted by molar-refractivity contribution is 9.10. The summed E-state index contributed by atoms with van der Waals surface area (Å²) in [6, 6.07) is 10.7. The van der Waals surface area contributed by atoms with E-state index in [4.69, 9.17) is 5.73 Å². The van der Waals surface area contributed by atoms with Gasteiger partial charge >= 0.3 is 0 Å². The predicted octanol–water partition coefficient (Wildman–Crippen LogP) is 1.97. The number of nitrogens with zero attached hydrogens (tertiary/aromatic N) is 3. The molecule has 5 nitrogen and oxygen atoms in total. The van der Waals surface area contributed by atoms with E-state index < -0.39 is 0 Å². The molecule has 0 bridgehead atoms. The third kappa shape index (κ3) is 2.76. The minimum Gasteiger partial charge on any atom is -0.381 e. The van der Waals surface area contributed by atoms with Crippen molar-refractivity contribution < 1.29 is 0 Å². The van der Waals surface area contributed by atoms with Crippen molar-refractivity contribution in [2.45, 2.75) is 6.04 Å². The van der Waals surface area contributed by atoms with Gasteiger partial charge in [-0.05, 0) is 21.5 Å². The number of hydrogen-bond donors (Lipinski definition) is 2. The maximum absolute atomic E-state index is 5.95. The average Bonchev–Trinajstić information content (AvgIpc) is 2.51. The Morgan fingerprint density at radius 2 is 2.10 bits per heavy atom. The Morgan fingerprint density at radius 1 is 1.30 bits per heavy atom. The molecule has 0 spiro atoms. The Kier molecular flexibility index (Phi) is 3.84. The van der Waals surface area contributed by atoms with Crippen molar-refractivity contribution in [1.82, 2.24) is 15.3 Å². The van der Waals surface area contributed by atoms with Gasteiger partial charge in [-0.3, -0.25) is 0 Å². The fourth-order valence-electron chi connectivity index (χ4n) is 2.45. The molecule has 0 saturated carbocycles. The smallest absolute Gasteiger partial charge is 0.172 e. The van der Waals surface area contributed by atoms with Gasteiger partial charge in [0.1, 0.15) is 4.60 Å². The van der Waals surface area contributed by atoms with Crippen LogP contribution in [0, 0.1) is 0 Å². The summed E-state index contributed by atoms with van der Waals surface area (Å²) in [6.07, 6.45) is 1.62. The number of hydrogen-bond acceptors (Lipinski definition) is 5. The maximum atomic E-state index is 5.95. The SMILES string of the molecule is Nc1ncc(Br)nc1N1CCNC(c2ccccc2)C1. The first-order chi connectivity index (χ1) is 9.74. The number of benzene rings is 1. The van der Waals surface area contributed by atoms with Crippen LogP contribution in [0.25, 0.3) is 0 Å². The fourth-order valence-corrected chi connectivity index (χ4v) is 2.72. The number of nitrogens with two attached hydrogens (primary N) is 1. The van der Waals surface area contributed by atoms with Crippen LogP contribution in [0.2, 0.25) is 0 Å². The molecule has 2 aromatic rings. The first-order valence-corrected chi connectivity index (χ1v) is 7.34. The number of halogens is 1. The van der Waals surface area contributed by atoms with E-state index in [1.165, 1.54) is 5.56 Å². The maximum Gasteiger partial charge on any atom is 0.172 e. The number of piperazine rings is 1. The summed E-state index contributed by atoms with van der Waals surface area (Å²) in [5, 5.41) is 3.53. The fraction of sp³-hybridized carbons (Fsp3) is 0.286. The van der Waals surface area contributed by atoms with Gasteiger partial charge in [0.2, 0.25) is 0 Å². The van der Waals surface area contributed by atoms with Gasteiger partial charge in [0, 0.05) is 25.7 Å². The Labute approximate surface area is 126 Å². The summed E-state index contributed by atoms with van der Waals surface area (Å²) in [6.45, 7) is 2.60. The number of nitrogens with one attached hydrogen (secondary N) is 1. The zero-order chi connectivity index (χ0) is 13.9. The monoisotopic (exact) mass is 333 g/mol. The third-order valence-electron chi connectivity index (χ3n) is 3.43. The molecule has 0 aliphatic carbocycles. The zero-order valence-electron chi connectivity index (χ0n) is 11.0. The first-order valence-electron chi connectivity index (χ1n) is 6.55. The second kappa shape index (κ2) is 5.76. The van der Waals surface area contributed by atoms with E-state index in [0.29, 0.717) is 10.4 Å². The minimum absolute atomic E-state index is 0.283. The molecule has 0 amide bonds. The highest BCUT2D eigenvalue weighted by atomic mass is 79.9. The molecule has 1 aromatic heterocycles. The van der Waals surface area contributed by atoms with Crippen LogP contribution < -0.4 is 16.0 Å². The zero-order valence-corrected chi connectivity index (χ0v) is 12.5. The molecule has 2 heterocycles. The van der Waals surface area contributed by atoms with Gasteiger partial charge < -0.3 is 16.0 Å². The van der Waals surface area contributed by atoms with E-state index in [-0.39, 0.29) is 6.04 Å². The van der Waals surface area contributed by atoms with E-state index in [2.05, 4.69) is 60.4 Å². The van der Waals surface area contributed by atoms with Crippen LogP contribution in [0.5, 0.6) is 0 Å². The Hall–Kier alpha value is -1.66. The van der Waals surface area contributed by atoms with Crippen molar-refractivity contribution in [3.05, 3.63) is 46.7 Å². The summed E-state index contributed by atoms with van der Waals surface area (Å²) in [4.78, 5) is 10.8. The number of anilines is 2. The van der Waals surface area contributed by atoms with Crippen LogP contribution in [0.1, 0.15) is 11.6 Å². The van der Waals surface area contributed by atoms with E-state index in [1.54, 1.807) is 6.20 Å². The van der Waals surface area contributed by atoms with Crippen molar-refractivity contribution in [2.75, 3.05) is 30.3 Å². The Bertz CT molecular complexity index is 589. The van der Waals surface area contributed by atoms with Gasteiger partial charge in [-0.1, -0.05) is 30.3 Å². The lowest BCUT2D eigenvalue weighted by atomic mass is 10.0. The van der Waals surface area contributed by atoms with Crippen LogP contribution in [-0.4, -0.2) is 29.6 Å². The normalized spacial score (nSPS) is 19.1.